The molecule has 0 saturated heterocycles. The lowest BCUT2D eigenvalue weighted by atomic mass is 10.1. The van der Waals surface area contributed by atoms with Gasteiger partial charge in [0.05, 0.1) is 23.5 Å². The van der Waals surface area contributed by atoms with Crippen molar-refractivity contribution in [2.45, 2.75) is 19.9 Å². The van der Waals surface area contributed by atoms with E-state index >= 15 is 0 Å². The molecule has 0 fully saturated rings. The maximum Gasteiger partial charge on any atom is 0.335 e. The van der Waals surface area contributed by atoms with E-state index in [-0.39, 0.29) is 11.5 Å². The minimum absolute atomic E-state index is 0.00593. The Hall–Kier alpha value is -2.21. The predicted octanol–water partition coefficient (Wildman–Crippen LogP) is 2.24. The van der Waals surface area contributed by atoms with Crippen LogP contribution in [0.25, 0.3) is 0 Å². The van der Waals surface area contributed by atoms with Gasteiger partial charge in [0, 0.05) is 16.8 Å². The van der Waals surface area contributed by atoms with Crippen LogP contribution in [0.2, 0.25) is 0 Å². The molecular weight excluding hydrogens is 276 g/mol. The summed E-state index contributed by atoms with van der Waals surface area (Å²) in [4.78, 5) is 29.9. The number of carbonyl (C=O) groups is 2. The molecular formula is C14H12N2O3S. The summed E-state index contributed by atoms with van der Waals surface area (Å²) >= 11 is 1.54. The summed E-state index contributed by atoms with van der Waals surface area (Å²) in [5, 5.41) is 10.0. The molecule has 0 saturated carbocycles. The largest absolute Gasteiger partial charge is 0.478 e. The number of anilines is 1. The van der Waals surface area contributed by atoms with Crippen molar-refractivity contribution in [1.29, 1.82) is 0 Å². The number of thiazole rings is 1. The van der Waals surface area contributed by atoms with Crippen molar-refractivity contribution in [3.05, 3.63) is 45.4 Å². The Morgan fingerprint density at radius 1 is 1.50 bits per heavy atom. The minimum Gasteiger partial charge on any atom is -0.478 e. The molecule has 0 spiro atoms. The fourth-order valence-electron chi connectivity index (χ4n) is 2.30. The predicted molar refractivity (Wildman–Crippen MR) is 75.1 cm³/mol. The van der Waals surface area contributed by atoms with Crippen LogP contribution in [-0.4, -0.2) is 22.0 Å². The summed E-state index contributed by atoms with van der Waals surface area (Å²) in [7, 11) is 0. The summed E-state index contributed by atoms with van der Waals surface area (Å²) in [6, 6.07) is 4.82. The van der Waals surface area contributed by atoms with Crippen molar-refractivity contribution in [3.8, 4) is 0 Å². The highest BCUT2D eigenvalue weighted by Gasteiger charge is 2.28. The summed E-state index contributed by atoms with van der Waals surface area (Å²) in [6.45, 7) is 2.36. The van der Waals surface area contributed by atoms with E-state index in [9.17, 15) is 9.59 Å². The number of aromatic nitrogens is 1. The van der Waals surface area contributed by atoms with E-state index in [4.69, 9.17) is 5.11 Å². The smallest absolute Gasteiger partial charge is 0.335 e. The van der Waals surface area contributed by atoms with Crippen molar-refractivity contribution in [2.24, 2.45) is 0 Å². The van der Waals surface area contributed by atoms with Crippen LogP contribution in [0.5, 0.6) is 0 Å². The van der Waals surface area contributed by atoms with Gasteiger partial charge >= 0.3 is 5.97 Å². The molecule has 1 aliphatic rings. The number of aryl methyl sites for hydroxylation is 1. The van der Waals surface area contributed by atoms with Crippen LogP contribution in [0.4, 0.5) is 5.69 Å². The van der Waals surface area contributed by atoms with Gasteiger partial charge in [-0.15, -0.1) is 11.3 Å². The Labute approximate surface area is 119 Å². The quantitative estimate of drug-likeness (QED) is 0.940. The molecule has 0 atom stereocenters. The molecule has 0 unspecified atom stereocenters. The second kappa shape index (κ2) is 4.72. The third kappa shape index (κ3) is 2.18. The monoisotopic (exact) mass is 288 g/mol. The van der Waals surface area contributed by atoms with Gasteiger partial charge in [-0.25, -0.2) is 9.78 Å². The van der Waals surface area contributed by atoms with E-state index in [0.29, 0.717) is 18.7 Å². The SMILES string of the molecule is Cc1ncc(CN2C(=O)Cc3ccc(C(=O)O)cc32)s1. The number of nitrogens with zero attached hydrogens (tertiary/aromatic N) is 2. The molecule has 1 aliphatic heterocycles. The fraction of sp³-hybridized carbons (Fsp3) is 0.214. The minimum atomic E-state index is -0.985. The van der Waals surface area contributed by atoms with Crippen LogP contribution < -0.4 is 4.90 Å². The second-order valence-corrected chi connectivity index (χ2v) is 5.97. The molecule has 2 aromatic rings. The molecule has 5 nitrogen and oxygen atoms in total. The molecule has 0 radical (unpaired) electrons. The van der Waals surface area contributed by atoms with Gasteiger partial charge in [0.15, 0.2) is 0 Å². The summed E-state index contributed by atoms with van der Waals surface area (Å²) < 4.78 is 0. The van der Waals surface area contributed by atoms with Crippen molar-refractivity contribution in [1.82, 2.24) is 4.98 Å². The molecule has 102 valence electrons. The van der Waals surface area contributed by atoms with Crippen LogP contribution in [-0.2, 0) is 17.8 Å². The number of fused-ring (bicyclic) bond motifs is 1. The zero-order valence-corrected chi connectivity index (χ0v) is 11.6. The number of rotatable bonds is 3. The molecule has 2 heterocycles. The highest BCUT2D eigenvalue weighted by Crippen LogP contribution is 2.32. The molecule has 1 amide bonds. The Bertz CT molecular complexity index is 708. The van der Waals surface area contributed by atoms with E-state index in [1.807, 2.05) is 6.92 Å². The normalized spacial score (nSPS) is 13.7. The Kier molecular flexibility index (Phi) is 3.02. The van der Waals surface area contributed by atoms with Crippen molar-refractivity contribution in [3.63, 3.8) is 0 Å². The molecule has 1 aromatic carbocycles. The lowest BCUT2D eigenvalue weighted by Crippen LogP contribution is -2.25. The van der Waals surface area contributed by atoms with Crippen molar-refractivity contribution >= 4 is 28.9 Å². The first-order valence-electron chi connectivity index (χ1n) is 6.12. The van der Waals surface area contributed by atoms with E-state index in [1.165, 1.54) is 6.07 Å². The number of benzene rings is 1. The highest BCUT2D eigenvalue weighted by molar-refractivity contribution is 7.11. The molecule has 1 N–H and O–H groups in total. The van der Waals surface area contributed by atoms with Crippen LogP contribution >= 0.6 is 11.3 Å². The van der Waals surface area contributed by atoms with Crippen LogP contribution in [0.3, 0.4) is 0 Å². The van der Waals surface area contributed by atoms with Crippen LogP contribution in [0, 0.1) is 6.92 Å². The molecule has 1 aromatic heterocycles. The number of aromatic carboxylic acids is 1. The van der Waals surface area contributed by atoms with Crippen molar-refractivity contribution in [2.75, 3.05) is 4.90 Å². The number of hydrogen-bond donors (Lipinski definition) is 1. The fourth-order valence-corrected chi connectivity index (χ4v) is 3.08. The number of amides is 1. The first-order chi connectivity index (χ1) is 9.54. The average molecular weight is 288 g/mol. The number of carboxylic acids is 1. The maximum absolute atomic E-state index is 12.1. The van der Waals surface area contributed by atoms with Gasteiger partial charge in [0.25, 0.3) is 0 Å². The molecule has 3 rings (SSSR count). The zero-order chi connectivity index (χ0) is 14.3. The summed E-state index contributed by atoms with van der Waals surface area (Å²) in [6.07, 6.45) is 2.08. The lowest BCUT2D eigenvalue weighted by molar-refractivity contribution is -0.117. The highest BCUT2D eigenvalue weighted by atomic mass is 32.1. The van der Waals surface area contributed by atoms with Crippen molar-refractivity contribution < 1.29 is 14.7 Å². The third-order valence-corrected chi connectivity index (χ3v) is 4.15. The Balaban J connectivity index is 1.95. The summed E-state index contributed by atoms with van der Waals surface area (Å²) in [5.41, 5.74) is 1.77. The van der Waals surface area contributed by atoms with Gasteiger partial charge in [0.2, 0.25) is 5.91 Å². The van der Waals surface area contributed by atoms with Gasteiger partial charge in [0.1, 0.15) is 0 Å². The number of hydrogen-bond acceptors (Lipinski definition) is 4. The van der Waals surface area contributed by atoms with E-state index in [1.54, 1.807) is 34.6 Å². The number of carboxylic acid groups (broad SMARTS) is 1. The molecule has 0 bridgehead atoms. The molecule has 20 heavy (non-hydrogen) atoms. The lowest BCUT2D eigenvalue weighted by Gasteiger charge is -2.16. The van der Waals surface area contributed by atoms with E-state index in [2.05, 4.69) is 4.98 Å². The molecule has 0 aliphatic carbocycles. The van der Waals surface area contributed by atoms with Gasteiger partial charge < -0.3 is 10.0 Å². The maximum atomic E-state index is 12.1. The van der Waals surface area contributed by atoms with E-state index in [0.717, 1.165) is 15.4 Å². The average Bonchev–Trinajstić information content (AvgIpc) is 2.94. The van der Waals surface area contributed by atoms with Crippen LogP contribution in [0.15, 0.2) is 24.4 Å². The third-order valence-electron chi connectivity index (χ3n) is 3.25. The second-order valence-electron chi connectivity index (χ2n) is 4.65. The van der Waals surface area contributed by atoms with Gasteiger partial charge in [-0.2, -0.15) is 0 Å². The van der Waals surface area contributed by atoms with Gasteiger partial charge in [-0.05, 0) is 24.6 Å². The first kappa shape index (κ1) is 12.8. The first-order valence-corrected chi connectivity index (χ1v) is 6.94. The topological polar surface area (TPSA) is 70.5 Å². The zero-order valence-electron chi connectivity index (χ0n) is 10.8. The van der Waals surface area contributed by atoms with Crippen LogP contribution in [0.1, 0.15) is 25.8 Å². The van der Waals surface area contributed by atoms with E-state index < -0.39 is 5.97 Å². The summed E-state index contributed by atoms with van der Waals surface area (Å²) in [5.74, 6) is -0.991. The Morgan fingerprint density at radius 2 is 2.30 bits per heavy atom. The van der Waals surface area contributed by atoms with Gasteiger partial charge in [-0.1, -0.05) is 6.07 Å². The van der Waals surface area contributed by atoms with Gasteiger partial charge in [-0.3, -0.25) is 4.79 Å². The Morgan fingerprint density at radius 3 is 2.95 bits per heavy atom. The molecule has 6 heteroatoms. The number of carbonyl (C=O) groups excluding carboxylic acids is 1. The standard InChI is InChI=1S/C14H12N2O3S/c1-8-15-6-11(20-8)7-16-12-4-10(14(18)19)3-2-9(12)5-13(16)17/h2-4,6H,5,7H2,1H3,(H,18,19).